The fourth-order valence-corrected chi connectivity index (χ4v) is 1.92. The zero-order chi connectivity index (χ0) is 14.4. The number of carbonyl (C=O) groups excluding carboxylic acids is 1. The maximum atomic E-state index is 13.7. The van der Waals surface area contributed by atoms with E-state index in [0.29, 0.717) is 17.4 Å². The van der Waals surface area contributed by atoms with Crippen LogP contribution in [0.25, 0.3) is 0 Å². The molecule has 0 fully saturated rings. The molecule has 1 rings (SSSR count). The highest BCUT2D eigenvalue weighted by Gasteiger charge is 2.19. The molecule has 0 spiro atoms. The second-order valence-corrected chi connectivity index (χ2v) is 4.86. The highest BCUT2D eigenvalue weighted by atomic mass is 79.9. The second-order valence-electron chi connectivity index (χ2n) is 3.94. The Bertz CT molecular complexity index is 494. The smallest absolute Gasteiger partial charge is 0.257 e. The Balaban J connectivity index is 2.98. The summed E-state index contributed by atoms with van der Waals surface area (Å²) in [5.74, 6) is -1.20. The van der Waals surface area contributed by atoms with Crippen molar-refractivity contribution in [2.75, 3.05) is 13.1 Å². The predicted molar refractivity (Wildman–Crippen MR) is 73.7 cm³/mol. The molecule has 104 valence electrons. The number of amides is 1. The van der Waals surface area contributed by atoms with Crippen molar-refractivity contribution >= 4 is 27.7 Å². The molecule has 1 aromatic carbocycles. The van der Waals surface area contributed by atoms with E-state index >= 15 is 0 Å². The molecule has 1 amide bonds. The maximum absolute atomic E-state index is 13.7. The van der Waals surface area contributed by atoms with E-state index in [4.69, 9.17) is 10.9 Å². The molecular formula is C12H15BrFN3O2. The van der Waals surface area contributed by atoms with Gasteiger partial charge in [-0.1, -0.05) is 28.0 Å². The van der Waals surface area contributed by atoms with Gasteiger partial charge >= 0.3 is 0 Å². The topological polar surface area (TPSA) is 78.9 Å². The zero-order valence-corrected chi connectivity index (χ0v) is 12.0. The molecule has 3 N–H and O–H groups in total. The quantitative estimate of drug-likeness (QED) is 0.375. The third kappa shape index (κ3) is 4.20. The van der Waals surface area contributed by atoms with Crippen LogP contribution in [0.2, 0.25) is 0 Å². The molecule has 0 atom stereocenters. The normalized spacial score (nSPS) is 11.4. The number of hydrogen-bond donors (Lipinski definition) is 2. The van der Waals surface area contributed by atoms with E-state index in [1.165, 1.54) is 17.0 Å². The SMILES string of the molecule is CCCN(CC(N)=NO)C(=O)c1ccc(Br)cc1F. The van der Waals surface area contributed by atoms with Crippen LogP contribution in [0.15, 0.2) is 27.8 Å². The Morgan fingerprint density at radius 3 is 2.79 bits per heavy atom. The summed E-state index contributed by atoms with van der Waals surface area (Å²) in [6.07, 6.45) is 0.683. The van der Waals surface area contributed by atoms with E-state index in [-0.39, 0.29) is 17.9 Å². The van der Waals surface area contributed by atoms with Crippen LogP contribution in [-0.2, 0) is 0 Å². The van der Waals surface area contributed by atoms with Crippen LogP contribution in [-0.4, -0.2) is 34.9 Å². The summed E-state index contributed by atoms with van der Waals surface area (Å²) in [7, 11) is 0. The van der Waals surface area contributed by atoms with Crippen LogP contribution in [0.3, 0.4) is 0 Å². The average molecular weight is 332 g/mol. The minimum Gasteiger partial charge on any atom is -0.409 e. The van der Waals surface area contributed by atoms with Gasteiger partial charge in [-0.05, 0) is 24.6 Å². The lowest BCUT2D eigenvalue weighted by molar-refractivity contribution is 0.0773. The van der Waals surface area contributed by atoms with Gasteiger partial charge in [-0.15, -0.1) is 0 Å². The summed E-state index contributed by atoms with van der Waals surface area (Å²) < 4.78 is 14.3. The standard InChI is InChI=1S/C12H15BrFN3O2/c1-2-5-17(7-11(15)16-19)12(18)9-4-3-8(13)6-10(9)14/h3-4,6,19H,2,5,7H2,1H3,(H2,15,16). The summed E-state index contributed by atoms with van der Waals surface area (Å²) in [4.78, 5) is 13.5. The maximum Gasteiger partial charge on any atom is 0.257 e. The van der Waals surface area contributed by atoms with Gasteiger partial charge in [0, 0.05) is 11.0 Å². The Hall–Kier alpha value is -1.63. The summed E-state index contributed by atoms with van der Waals surface area (Å²) in [5.41, 5.74) is 5.35. The van der Waals surface area contributed by atoms with Crippen molar-refractivity contribution in [1.82, 2.24) is 4.90 Å². The minimum absolute atomic E-state index is 0.0395. The number of oxime groups is 1. The van der Waals surface area contributed by atoms with Gasteiger partial charge in [0.1, 0.15) is 5.82 Å². The van der Waals surface area contributed by atoms with E-state index in [2.05, 4.69) is 21.1 Å². The first-order chi connectivity index (χ1) is 8.99. The van der Waals surface area contributed by atoms with Crippen molar-refractivity contribution < 1.29 is 14.4 Å². The number of amidine groups is 1. The molecule has 0 unspecified atom stereocenters. The summed E-state index contributed by atoms with van der Waals surface area (Å²) in [5, 5.41) is 11.4. The van der Waals surface area contributed by atoms with E-state index < -0.39 is 11.7 Å². The molecule has 5 nitrogen and oxygen atoms in total. The van der Waals surface area contributed by atoms with Crippen molar-refractivity contribution in [3.05, 3.63) is 34.1 Å². The molecule has 0 heterocycles. The number of carbonyl (C=O) groups is 1. The molecule has 0 aliphatic rings. The number of rotatable bonds is 5. The first kappa shape index (κ1) is 15.4. The van der Waals surface area contributed by atoms with Crippen molar-refractivity contribution in [2.24, 2.45) is 10.9 Å². The molecule has 0 saturated carbocycles. The van der Waals surface area contributed by atoms with Gasteiger partial charge in [0.25, 0.3) is 5.91 Å². The second kappa shape index (κ2) is 7.08. The molecule has 0 bridgehead atoms. The first-order valence-corrected chi connectivity index (χ1v) is 6.49. The van der Waals surface area contributed by atoms with E-state index in [0.717, 1.165) is 0 Å². The predicted octanol–water partition coefficient (Wildman–Crippen LogP) is 2.19. The molecular weight excluding hydrogens is 317 g/mol. The number of hydrogen-bond acceptors (Lipinski definition) is 3. The molecule has 0 aliphatic heterocycles. The Morgan fingerprint density at radius 1 is 1.58 bits per heavy atom. The lowest BCUT2D eigenvalue weighted by atomic mass is 10.2. The summed E-state index contributed by atoms with van der Waals surface area (Å²) >= 11 is 3.13. The van der Waals surface area contributed by atoms with Crippen molar-refractivity contribution in [1.29, 1.82) is 0 Å². The number of benzene rings is 1. The third-order valence-corrected chi connectivity index (χ3v) is 2.92. The molecule has 0 radical (unpaired) electrons. The molecule has 0 aliphatic carbocycles. The van der Waals surface area contributed by atoms with Gasteiger partial charge in [0.05, 0.1) is 12.1 Å². The fourth-order valence-electron chi connectivity index (χ4n) is 1.58. The molecule has 1 aromatic rings. The van der Waals surface area contributed by atoms with Crippen molar-refractivity contribution in [2.45, 2.75) is 13.3 Å². The molecule has 0 saturated heterocycles. The van der Waals surface area contributed by atoms with Crippen molar-refractivity contribution in [3.63, 3.8) is 0 Å². The van der Waals surface area contributed by atoms with Gasteiger partial charge < -0.3 is 15.8 Å². The van der Waals surface area contributed by atoms with Crippen LogP contribution >= 0.6 is 15.9 Å². The third-order valence-electron chi connectivity index (χ3n) is 2.42. The molecule has 0 aromatic heterocycles. The van der Waals surface area contributed by atoms with Gasteiger partial charge in [-0.3, -0.25) is 4.79 Å². The lowest BCUT2D eigenvalue weighted by Gasteiger charge is -2.21. The van der Waals surface area contributed by atoms with E-state index in [1.54, 1.807) is 6.07 Å². The van der Waals surface area contributed by atoms with Gasteiger partial charge in [0.15, 0.2) is 5.84 Å². The van der Waals surface area contributed by atoms with Crippen LogP contribution in [0, 0.1) is 5.82 Å². The highest BCUT2D eigenvalue weighted by Crippen LogP contribution is 2.17. The van der Waals surface area contributed by atoms with E-state index in [9.17, 15) is 9.18 Å². The highest BCUT2D eigenvalue weighted by molar-refractivity contribution is 9.10. The Kier molecular flexibility index (Phi) is 5.75. The van der Waals surface area contributed by atoms with Crippen LogP contribution in [0.1, 0.15) is 23.7 Å². The van der Waals surface area contributed by atoms with Crippen LogP contribution < -0.4 is 5.73 Å². The van der Waals surface area contributed by atoms with E-state index in [1.807, 2.05) is 6.92 Å². The van der Waals surface area contributed by atoms with Gasteiger partial charge in [-0.25, -0.2) is 4.39 Å². The molecule has 7 heteroatoms. The lowest BCUT2D eigenvalue weighted by Crippen LogP contribution is -2.39. The summed E-state index contributed by atoms with van der Waals surface area (Å²) in [6, 6.07) is 4.21. The Labute approximate surface area is 119 Å². The monoisotopic (exact) mass is 331 g/mol. The zero-order valence-electron chi connectivity index (χ0n) is 10.4. The largest absolute Gasteiger partial charge is 0.409 e. The number of nitrogens with zero attached hydrogens (tertiary/aromatic N) is 2. The molecule has 19 heavy (non-hydrogen) atoms. The van der Waals surface area contributed by atoms with Gasteiger partial charge in [-0.2, -0.15) is 0 Å². The fraction of sp³-hybridized carbons (Fsp3) is 0.333. The average Bonchev–Trinajstić information content (AvgIpc) is 2.37. The minimum atomic E-state index is -0.611. The first-order valence-electron chi connectivity index (χ1n) is 5.70. The van der Waals surface area contributed by atoms with Crippen LogP contribution in [0.4, 0.5) is 4.39 Å². The van der Waals surface area contributed by atoms with Crippen molar-refractivity contribution in [3.8, 4) is 0 Å². The number of halogens is 2. The number of nitrogens with two attached hydrogens (primary N) is 1. The van der Waals surface area contributed by atoms with Crippen LogP contribution in [0.5, 0.6) is 0 Å². The Morgan fingerprint density at radius 2 is 2.26 bits per heavy atom. The van der Waals surface area contributed by atoms with Gasteiger partial charge in [0.2, 0.25) is 0 Å². The summed E-state index contributed by atoms with van der Waals surface area (Å²) in [6.45, 7) is 2.23.